The van der Waals surface area contributed by atoms with Crippen LogP contribution in [0.3, 0.4) is 0 Å². The number of rotatable bonds is 9. The van der Waals surface area contributed by atoms with Crippen molar-refractivity contribution in [1.29, 1.82) is 0 Å². The molecule has 0 spiro atoms. The van der Waals surface area contributed by atoms with Crippen LogP contribution in [0.5, 0.6) is 0 Å². The molecule has 1 aliphatic carbocycles. The molecule has 1 aliphatic rings. The first-order valence-electron chi connectivity index (χ1n) is 9.72. The van der Waals surface area contributed by atoms with Gasteiger partial charge in [0.05, 0.1) is 24.3 Å². The molecule has 0 saturated heterocycles. The van der Waals surface area contributed by atoms with Gasteiger partial charge in [0.2, 0.25) is 10.0 Å². The molecule has 0 bridgehead atoms. The van der Waals surface area contributed by atoms with E-state index in [1.807, 2.05) is 12.1 Å². The molecule has 0 unspecified atom stereocenters. The van der Waals surface area contributed by atoms with E-state index in [4.69, 9.17) is 5.73 Å². The highest BCUT2D eigenvalue weighted by atomic mass is 32.2. The number of halogens is 1. The van der Waals surface area contributed by atoms with Gasteiger partial charge in [-0.3, -0.25) is 4.57 Å². The highest BCUT2D eigenvalue weighted by Crippen LogP contribution is 2.34. The second-order valence-corrected chi connectivity index (χ2v) is 10.2. The minimum absolute atomic E-state index is 0.00199. The van der Waals surface area contributed by atoms with Crippen LogP contribution < -0.4 is 16.1 Å². The van der Waals surface area contributed by atoms with Gasteiger partial charge in [-0.05, 0) is 36.6 Å². The third kappa shape index (κ3) is 4.85. The summed E-state index contributed by atoms with van der Waals surface area (Å²) in [5.41, 5.74) is 5.95. The van der Waals surface area contributed by atoms with Crippen LogP contribution >= 0.6 is 11.3 Å². The maximum absolute atomic E-state index is 12.8. The number of nitrogens with one attached hydrogen (secondary N) is 1. The normalized spacial score (nSPS) is 14.8. The number of hydrogen-bond donors (Lipinski definition) is 2. The van der Waals surface area contributed by atoms with Gasteiger partial charge in [0.15, 0.2) is 0 Å². The van der Waals surface area contributed by atoms with Gasteiger partial charge >= 0.3 is 5.69 Å². The fraction of sp³-hybridized carbons (Fsp3) is 0.300. The molecule has 31 heavy (non-hydrogen) atoms. The van der Waals surface area contributed by atoms with Gasteiger partial charge in [0.1, 0.15) is 6.33 Å². The zero-order valence-corrected chi connectivity index (χ0v) is 18.2. The van der Waals surface area contributed by atoms with E-state index in [0.717, 1.165) is 27.3 Å². The maximum atomic E-state index is 12.8. The largest absolute Gasteiger partial charge is 0.346 e. The van der Waals surface area contributed by atoms with Crippen LogP contribution in [0.4, 0.5) is 4.39 Å². The molecule has 2 heterocycles. The van der Waals surface area contributed by atoms with E-state index < -0.39 is 10.0 Å². The second kappa shape index (κ2) is 8.87. The topological polar surface area (TPSA) is 112 Å². The molecule has 0 aliphatic heterocycles. The third-order valence-electron chi connectivity index (χ3n) is 4.90. The van der Waals surface area contributed by atoms with Crippen molar-refractivity contribution in [3.63, 3.8) is 0 Å². The molecule has 1 fully saturated rings. The van der Waals surface area contributed by atoms with Crippen LogP contribution in [0.2, 0.25) is 0 Å². The average Bonchev–Trinajstić information content (AvgIpc) is 3.33. The lowest BCUT2D eigenvalue weighted by Crippen LogP contribution is -2.26. The summed E-state index contributed by atoms with van der Waals surface area (Å²) in [7, 11) is -3.60. The van der Waals surface area contributed by atoms with E-state index in [-0.39, 0.29) is 41.8 Å². The predicted molar refractivity (Wildman–Crippen MR) is 117 cm³/mol. The predicted octanol–water partition coefficient (Wildman–Crippen LogP) is 2.07. The fourth-order valence-electron chi connectivity index (χ4n) is 3.09. The van der Waals surface area contributed by atoms with Crippen LogP contribution in [0, 0.1) is 0 Å². The Morgan fingerprint density at radius 3 is 2.77 bits per heavy atom. The standard InChI is InChI=1S/C20H22FN5O3S2/c21-9-14(10-22)11-26-20(27)25(13-23-26)12-16-7-8-18(30-16)17-3-1-2-4-19(17)31(28,29)24-15-5-6-15/h1-4,7-9,13,15,24H,5-6,10-12,22H2/b14-9+. The minimum Gasteiger partial charge on any atom is -0.327 e. The Bertz CT molecular complexity index is 1270. The Hall–Kier alpha value is -2.60. The zero-order chi connectivity index (χ0) is 22.0. The Balaban J connectivity index is 1.57. The molecule has 4 rings (SSSR count). The van der Waals surface area contributed by atoms with E-state index in [0.29, 0.717) is 11.9 Å². The Morgan fingerprint density at radius 2 is 2.06 bits per heavy atom. The van der Waals surface area contributed by atoms with E-state index in [1.54, 1.807) is 24.3 Å². The first kappa shape index (κ1) is 21.6. The Morgan fingerprint density at radius 1 is 1.29 bits per heavy atom. The van der Waals surface area contributed by atoms with Gasteiger partial charge in [-0.15, -0.1) is 11.3 Å². The molecule has 0 radical (unpaired) electrons. The van der Waals surface area contributed by atoms with Crippen molar-refractivity contribution >= 4 is 21.4 Å². The van der Waals surface area contributed by atoms with Gasteiger partial charge in [-0.1, -0.05) is 18.2 Å². The van der Waals surface area contributed by atoms with Crippen LogP contribution in [-0.2, 0) is 23.1 Å². The van der Waals surface area contributed by atoms with Crippen LogP contribution in [0.15, 0.2) is 64.3 Å². The highest BCUT2D eigenvalue weighted by Gasteiger charge is 2.29. The smallest absolute Gasteiger partial charge is 0.327 e. The van der Waals surface area contributed by atoms with Crippen molar-refractivity contribution in [2.75, 3.05) is 6.54 Å². The van der Waals surface area contributed by atoms with Crippen molar-refractivity contribution in [3.8, 4) is 10.4 Å². The summed E-state index contributed by atoms with van der Waals surface area (Å²) in [6.07, 6.45) is 3.51. The zero-order valence-electron chi connectivity index (χ0n) is 16.6. The lowest BCUT2D eigenvalue weighted by Gasteiger charge is -2.10. The first-order chi connectivity index (χ1) is 14.9. The van der Waals surface area contributed by atoms with Gasteiger partial charge in [-0.25, -0.2) is 27.0 Å². The lowest BCUT2D eigenvalue weighted by atomic mass is 10.2. The molecule has 8 nitrogen and oxygen atoms in total. The van der Waals surface area contributed by atoms with Crippen LogP contribution in [-0.4, -0.2) is 35.4 Å². The van der Waals surface area contributed by atoms with Gasteiger partial charge in [-0.2, -0.15) is 5.10 Å². The summed E-state index contributed by atoms with van der Waals surface area (Å²) in [6.45, 7) is 0.270. The van der Waals surface area contributed by atoms with Crippen molar-refractivity contribution in [1.82, 2.24) is 19.1 Å². The minimum atomic E-state index is -3.60. The molecule has 1 saturated carbocycles. The molecule has 11 heteroatoms. The molecule has 3 N–H and O–H groups in total. The molecular weight excluding hydrogens is 441 g/mol. The van der Waals surface area contributed by atoms with Gasteiger partial charge in [0.25, 0.3) is 0 Å². The molecule has 0 atom stereocenters. The molecule has 164 valence electrons. The average molecular weight is 464 g/mol. The van der Waals surface area contributed by atoms with E-state index in [9.17, 15) is 17.6 Å². The fourth-order valence-corrected chi connectivity index (χ4v) is 5.73. The summed E-state index contributed by atoms with van der Waals surface area (Å²) < 4.78 is 43.5. The lowest BCUT2D eigenvalue weighted by molar-refractivity contribution is 0.581. The van der Waals surface area contributed by atoms with Crippen molar-refractivity contribution in [3.05, 3.63) is 70.0 Å². The first-order valence-corrected chi connectivity index (χ1v) is 12.0. The summed E-state index contributed by atoms with van der Waals surface area (Å²) in [4.78, 5) is 14.4. The van der Waals surface area contributed by atoms with Crippen LogP contribution in [0.1, 0.15) is 17.7 Å². The van der Waals surface area contributed by atoms with Crippen molar-refractivity contribution in [2.24, 2.45) is 5.73 Å². The SMILES string of the molecule is NC/C(=C\F)Cn1ncn(Cc2ccc(-c3ccccc3S(=O)(=O)NC3CC3)s2)c1=O. The molecule has 1 aromatic carbocycles. The van der Waals surface area contributed by atoms with Gasteiger partial charge < -0.3 is 5.73 Å². The maximum Gasteiger partial charge on any atom is 0.346 e. The summed E-state index contributed by atoms with van der Waals surface area (Å²) in [5.74, 6) is 0. The number of aromatic nitrogens is 3. The van der Waals surface area contributed by atoms with E-state index >= 15 is 0 Å². The number of thiophene rings is 1. The van der Waals surface area contributed by atoms with E-state index in [1.165, 1.54) is 22.2 Å². The number of benzene rings is 1. The van der Waals surface area contributed by atoms with Crippen molar-refractivity contribution in [2.45, 2.75) is 36.9 Å². The number of nitrogens with zero attached hydrogens (tertiary/aromatic N) is 3. The quantitative estimate of drug-likeness (QED) is 0.505. The van der Waals surface area contributed by atoms with Crippen LogP contribution in [0.25, 0.3) is 10.4 Å². The summed E-state index contributed by atoms with van der Waals surface area (Å²) in [5, 5.41) is 4.01. The van der Waals surface area contributed by atoms with Gasteiger partial charge in [0, 0.05) is 27.9 Å². The highest BCUT2D eigenvalue weighted by molar-refractivity contribution is 7.89. The molecular formula is C20H22FN5O3S2. The molecule has 0 amide bonds. The number of sulfonamides is 1. The van der Waals surface area contributed by atoms with E-state index in [2.05, 4.69) is 9.82 Å². The molecule has 3 aromatic rings. The Labute approximate surface area is 182 Å². The Kier molecular flexibility index (Phi) is 6.19. The second-order valence-electron chi connectivity index (χ2n) is 7.33. The molecule has 2 aromatic heterocycles. The number of nitrogens with two attached hydrogens (primary N) is 1. The monoisotopic (exact) mass is 463 g/mol. The number of hydrogen-bond acceptors (Lipinski definition) is 6. The summed E-state index contributed by atoms with van der Waals surface area (Å²) in [6, 6.07) is 10.6. The van der Waals surface area contributed by atoms with Crippen molar-refractivity contribution < 1.29 is 12.8 Å². The summed E-state index contributed by atoms with van der Waals surface area (Å²) >= 11 is 1.41. The third-order valence-corrected chi connectivity index (χ3v) is 7.58.